The molecule has 0 aliphatic heterocycles. The van der Waals surface area contributed by atoms with E-state index in [1.165, 1.54) is 0 Å². The van der Waals surface area contributed by atoms with Crippen LogP contribution in [0.1, 0.15) is 15.9 Å². The lowest BCUT2D eigenvalue weighted by molar-refractivity contribution is 0.0993. The number of carbonyl (C=O) groups excluding carboxylic acids is 1. The molecule has 2 aromatic heterocycles. The van der Waals surface area contributed by atoms with Gasteiger partial charge in [-0.05, 0) is 29.8 Å². The third-order valence-corrected chi connectivity index (χ3v) is 3.04. The number of carbonyl (C=O) groups is 1. The summed E-state index contributed by atoms with van der Waals surface area (Å²) >= 11 is 0. The van der Waals surface area contributed by atoms with E-state index in [-0.39, 0.29) is 5.78 Å². The minimum atomic E-state index is 0.0541. The molecule has 98 valence electrons. The van der Waals surface area contributed by atoms with Crippen molar-refractivity contribution in [2.75, 3.05) is 0 Å². The van der Waals surface area contributed by atoms with Gasteiger partial charge in [-0.2, -0.15) is 5.10 Å². The molecule has 0 spiro atoms. The SMILES string of the molecule is O=C(Cc1ccncc1)c1cnn(-c2ccccc2)c1. The molecule has 1 aromatic carbocycles. The number of rotatable bonds is 4. The predicted molar refractivity (Wildman–Crippen MR) is 75.8 cm³/mol. The second-order valence-corrected chi connectivity index (χ2v) is 4.46. The zero-order valence-electron chi connectivity index (χ0n) is 10.8. The van der Waals surface area contributed by atoms with Gasteiger partial charge in [0.05, 0.1) is 17.4 Å². The lowest BCUT2D eigenvalue weighted by Crippen LogP contribution is -2.02. The first-order chi connectivity index (χ1) is 9.83. The molecule has 3 rings (SSSR count). The number of benzene rings is 1. The molecule has 0 amide bonds. The third kappa shape index (κ3) is 2.64. The summed E-state index contributed by atoms with van der Waals surface area (Å²) in [5, 5.41) is 4.23. The van der Waals surface area contributed by atoms with Crippen LogP contribution in [0.5, 0.6) is 0 Å². The Morgan fingerprint density at radius 2 is 1.80 bits per heavy atom. The highest BCUT2D eigenvalue weighted by atomic mass is 16.1. The Labute approximate surface area is 116 Å². The van der Waals surface area contributed by atoms with Crippen LogP contribution in [0.15, 0.2) is 67.3 Å². The normalized spacial score (nSPS) is 10.4. The van der Waals surface area contributed by atoms with Crippen molar-refractivity contribution in [1.29, 1.82) is 0 Å². The van der Waals surface area contributed by atoms with E-state index in [1.807, 2.05) is 42.5 Å². The number of aromatic nitrogens is 3. The monoisotopic (exact) mass is 263 g/mol. The molecule has 0 fully saturated rings. The van der Waals surface area contributed by atoms with E-state index < -0.39 is 0 Å². The highest BCUT2D eigenvalue weighted by Gasteiger charge is 2.10. The number of Topliss-reactive ketones (excluding diaryl/α,β-unsaturated/α-hetero) is 1. The molecule has 2 heterocycles. The van der Waals surface area contributed by atoms with Crippen molar-refractivity contribution in [1.82, 2.24) is 14.8 Å². The van der Waals surface area contributed by atoms with Crippen molar-refractivity contribution >= 4 is 5.78 Å². The zero-order chi connectivity index (χ0) is 13.8. The first-order valence-electron chi connectivity index (χ1n) is 6.35. The van der Waals surface area contributed by atoms with Crippen LogP contribution in [-0.4, -0.2) is 20.5 Å². The Bertz CT molecular complexity index is 705. The fourth-order valence-corrected chi connectivity index (χ4v) is 1.98. The van der Waals surface area contributed by atoms with Gasteiger partial charge in [0.1, 0.15) is 0 Å². The number of hydrogen-bond donors (Lipinski definition) is 0. The van der Waals surface area contributed by atoms with E-state index in [2.05, 4.69) is 10.1 Å². The van der Waals surface area contributed by atoms with Crippen LogP contribution < -0.4 is 0 Å². The van der Waals surface area contributed by atoms with Gasteiger partial charge in [0, 0.05) is 25.0 Å². The smallest absolute Gasteiger partial charge is 0.170 e. The van der Waals surface area contributed by atoms with Gasteiger partial charge in [0.2, 0.25) is 0 Å². The van der Waals surface area contributed by atoms with E-state index in [0.717, 1.165) is 11.3 Å². The van der Waals surface area contributed by atoms with Crippen LogP contribution in [0, 0.1) is 0 Å². The summed E-state index contributed by atoms with van der Waals surface area (Å²) in [5.41, 5.74) is 2.51. The summed E-state index contributed by atoms with van der Waals surface area (Å²) in [4.78, 5) is 16.1. The fraction of sp³-hybridized carbons (Fsp3) is 0.0625. The maximum atomic E-state index is 12.2. The summed E-state index contributed by atoms with van der Waals surface area (Å²) in [5.74, 6) is 0.0541. The molecule has 0 N–H and O–H groups in total. The molecule has 0 bridgehead atoms. The van der Waals surface area contributed by atoms with Crippen LogP contribution in [0.25, 0.3) is 5.69 Å². The maximum absolute atomic E-state index is 12.2. The van der Waals surface area contributed by atoms with Crippen LogP contribution in [0.2, 0.25) is 0 Å². The molecule has 0 radical (unpaired) electrons. The van der Waals surface area contributed by atoms with Gasteiger partial charge in [0.25, 0.3) is 0 Å². The number of hydrogen-bond acceptors (Lipinski definition) is 3. The summed E-state index contributed by atoms with van der Waals surface area (Å²) < 4.78 is 1.71. The van der Waals surface area contributed by atoms with E-state index in [1.54, 1.807) is 29.5 Å². The third-order valence-electron chi connectivity index (χ3n) is 3.04. The van der Waals surface area contributed by atoms with Crippen molar-refractivity contribution in [2.24, 2.45) is 0 Å². The molecule has 0 atom stereocenters. The van der Waals surface area contributed by atoms with Crippen LogP contribution in [0.3, 0.4) is 0 Å². The van der Waals surface area contributed by atoms with Gasteiger partial charge in [0.15, 0.2) is 5.78 Å². The maximum Gasteiger partial charge on any atom is 0.170 e. The van der Waals surface area contributed by atoms with Gasteiger partial charge >= 0.3 is 0 Å². The molecule has 0 aliphatic carbocycles. The molecule has 3 aromatic rings. The van der Waals surface area contributed by atoms with Gasteiger partial charge in [-0.15, -0.1) is 0 Å². The Morgan fingerprint density at radius 1 is 1.05 bits per heavy atom. The summed E-state index contributed by atoms with van der Waals surface area (Å²) in [7, 11) is 0. The second kappa shape index (κ2) is 5.48. The van der Waals surface area contributed by atoms with Crippen molar-refractivity contribution in [3.05, 3.63) is 78.4 Å². The van der Waals surface area contributed by atoms with Crippen LogP contribution in [-0.2, 0) is 6.42 Å². The molecule has 0 aliphatic rings. The predicted octanol–water partition coefficient (Wildman–Crippen LogP) is 2.69. The van der Waals surface area contributed by atoms with Gasteiger partial charge in [-0.3, -0.25) is 9.78 Å². The first kappa shape index (κ1) is 12.3. The minimum absolute atomic E-state index is 0.0541. The highest BCUT2D eigenvalue weighted by molar-refractivity contribution is 5.97. The van der Waals surface area contributed by atoms with Gasteiger partial charge in [-0.25, -0.2) is 4.68 Å². The molecular formula is C16H13N3O. The second-order valence-electron chi connectivity index (χ2n) is 4.46. The Balaban J connectivity index is 1.79. The lowest BCUT2D eigenvalue weighted by Gasteiger charge is -1.99. The number of pyridine rings is 1. The molecular weight excluding hydrogens is 250 g/mol. The van der Waals surface area contributed by atoms with E-state index in [9.17, 15) is 4.79 Å². The fourth-order valence-electron chi connectivity index (χ4n) is 1.98. The summed E-state index contributed by atoms with van der Waals surface area (Å²) in [6.45, 7) is 0. The van der Waals surface area contributed by atoms with Crippen LogP contribution in [0.4, 0.5) is 0 Å². The van der Waals surface area contributed by atoms with Crippen molar-refractivity contribution < 1.29 is 4.79 Å². The molecule has 20 heavy (non-hydrogen) atoms. The topological polar surface area (TPSA) is 47.8 Å². The summed E-state index contributed by atoms with van der Waals surface area (Å²) in [6.07, 6.45) is 7.12. The van der Waals surface area contributed by atoms with Crippen LogP contribution >= 0.6 is 0 Å². The average Bonchev–Trinajstić information content (AvgIpc) is 2.99. The molecule has 0 saturated carbocycles. The van der Waals surface area contributed by atoms with Crippen molar-refractivity contribution in [3.8, 4) is 5.69 Å². The minimum Gasteiger partial charge on any atom is -0.294 e. The van der Waals surface area contributed by atoms with E-state index >= 15 is 0 Å². The molecule has 0 saturated heterocycles. The Kier molecular flexibility index (Phi) is 3.37. The number of para-hydroxylation sites is 1. The standard InChI is InChI=1S/C16H13N3O/c20-16(10-13-6-8-17-9-7-13)14-11-18-19(12-14)15-4-2-1-3-5-15/h1-9,11-12H,10H2. The molecule has 0 unspecified atom stereocenters. The van der Waals surface area contributed by atoms with Crippen molar-refractivity contribution in [3.63, 3.8) is 0 Å². The van der Waals surface area contributed by atoms with Gasteiger partial charge in [-0.1, -0.05) is 18.2 Å². The summed E-state index contributed by atoms with van der Waals surface area (Å²) in [6, 6.07) is 13.4. The number of ketones is 1. The molecule has 4 heteroatoms. The van der Waals surface area contributed by atoms with Gasteiger partial charge < -0.3 is 0 Å². The quantitative estimate of drug-likeness (QED) is 0.680. The average molecular weight is 263 g/mol. The van der Waals surface area contributed by atoms with E-state index in [4.69, 9.17) is 0 Å². The first-order valence-corrected chi connectivity index (χ1v) is 6.35. The molecule has 4 nitrogen and oxygen atoms in total. The highest BCUT2D eigenvalue weighted by Crippen LogP contribution is 2.10. The zero-order valence-corrected chi connectivity index (χ0v) is 10.8. The largest absolute Gasteiger partial charge is 0.294 e. The van der Waals surface area contributed by atoms with Crippen molar-refractivity contribution in [2.45, 2.75) is 6.42 Å². The number of nitrogens with zero attached hydrogens (tertiary/aromatic N) is 3. The van der Waals surface area contributed by atoms with E-state index in [0.29, 0.717) is 12.0 Å². The Morgan fingerprint density at radius 3 is 2.55 bits per heavy atom. The lowest BCUT2D eigenvalue weighted by atomic mass is 10.1. The Hall–Kier alpha value is -2.75.